The minimum absolute atomic E-state index is 0.0387. The standard InChI is InChI=1S/C20H24N2O4/c1-20(2,3)15-8-10-16(11-9-15)26-13-18(23)22-21-12-14-6-5-7-17(25-4)19(14)24/h5-12,24H,13H2,1-4H3,(H,22,23)/b21-12+. The predicted molar refractivity (Wildman–Crippen MR) is 101 cm³/mol. The van der Waals surface area contributed by atoms with Crippen LogP contribution in [0.4, 0.5) is 0 Å². The maximum absolute atomic E-state index is 11.8. The minimum Gasteiger partial charge on any atom is -0.504 e. The lowest BCUT2D eigenvalue weighted by molar-refractivity contribution is -0.123. The average molecular weight is 356 g/mol. The van der Waals surface area contributed by atoms with Crippen LogP contribution in [0.15, 0.2) is 47.6 Å². The number of hydrazone groups is 1. The van der Waals surface area contributed by atoms with Crippen LogP contribution in [0.25, 0.3) is 0 Å². The molecule has 0 aliphatic carbocycles. The molecule has 0 spiro atoms. The maximum atomic E-state index is 11.8. The van der Waals surface area contributed by atoms with Gasteiger partial charge in [-0.2, -0.15) is 5.10 Å². The number of carbonyl (C=O) groups excluding carboxylic acids is 1. The van der Waals surface area contributed by atoms with Gasteiger partial charge in [-0.25, -0.2) is 5.43 Å². The number of ether oxygens (including phenoxy) is 2. The summed E-state index contributed by atoms with van der Waals surface area (Å²) < 4.78 is 10.5. The van der Waals surface area contributed by atoms with Gasteiger partial charge in [0.25, 0.3) is 5.91 Å². The first kappa shape index (κ1) is 19.3. The molecule has 0 saturated heterocycles. The third-order valence-corrected chi connectivity index (χ3v) is 3.73. The van der Waals surface area contributed by atoms with Crippen molar-refractivity contribution in [2.24, 2.45) is 5.10 Å². The Morgan fingerprint density at radius 1 is 1.19 bits per heavy atom. The van der Waals surface area contributed by atoms with Gasteiger partial charge in [0, 0.05) is 5.56 Å². The normalized spacial score (nSPS) is 11.4. The highest BCUT2D eigenvalue weighted by Gasteiger charge is 2.13. The van der Waals surface area contributed by atoms with Crippen LogP contribution in [0, 0.1) is 0 Å². The Balaban J connectivity index is 1.86. The lowest BCUT2D eigenvalue weighted by atomic mass is 9.87. The fourth-order valence-electron chi connectivity index (χ4n) is 2.21. The summed E-state index contributed by atoms with van der Waals surface area (Å²) in [6.07, 6.45) is 1.34. The van der Waals surface area contributed by atoms with Gasteiger partial charge in [0.2, 0.25) is 0 Å². The van der Waals surface area contributed by atoms with E-state index < -0.39 is 5.91 Å². The number of para-hydroxylation sites is 1. The smallest absolute Gasteiger partial charge is 0.277 e. The van der Waals surface area contributed by atoms with E-state index in [9.17, 15) is 9.90 Å². The number of rotatable bonds is 6. The Morgan fingerprint density at radius 3 is 2.50 bits per heavy atom. The quantitative estimate of drug-likeness (QED) is 0.615. The molecule has 2 aromatic carbocycles. The first-order valence-electron chi connectivity index (χ1n) is 8.22. The Bertz CT molecular complexity index is 777. The molecule has 0 bridgehead atoms. The number of nitrogens with zero attached hydrogens (tertiary/aromatic N) is 1. The number of benzene rings is 2. The van der Waals surface area contributed by atoms with E-state index in [0.29, 0.717) is 17.1 Å². The Hall–Kier alpha value is -3.02. The average Bonchev–Trinajstić information content (AvgIpc) is 2.61. The summed E-state index contributed by atoms with van der Waals surface area (Å²) in [5.74, 6) is 0.511. The van der Waals surface area contributed by atoms with E-state index >= 15 is 0 Å². The topological polar surface area (TPSA) is 80.2 Å². The van der Waals surface area contributed by atoms with E-state index in [-0.39, 0.29) is 17.8 Å². The number of methoxy groups -OCH3 is 1. The van der Waals surface area contributed by atoms with Gasteiger partial charge in [0.1, 0.15) is 5.75 Å². The highest BCUT2D eigenvalue weighted by Crippen LogP contribution is 2.28. The van der Waals surface area contributed by atoms with Crippen molar-refractivity contribution in [2.45, 2.75) is 26.2 Å². The van der Waals surface area contributed by atoms with Gasteiger partial charge >= 0.3 is 0 Å². The molecule has 0 saturated carbocycles. The number of nitrogens with one attached hydrogen (secondary N) is 1. The molecule has 0 heterocycles. The van der Waals surface area contributed by atoms with Crippen molar-refractivity contribution in [1.29, 1.82) is 0 Å². The van der Waals surface area contributed by atoms with Crippen LogP contribution in [0.5, 0.6) is 17.2 Å². The predicted octanol–water partition coefficient (Wildman–Crippen LogP) is 3.23. The van der Waals surface area contributed by atoms with Crippen LogP contribution >= 0.6 is 0 Å². The molecule has 138 valence electrons. The first-order valence-corrected chi connectivity index (χ1v) is 8.22. The van der Waals surface area contributed by atoms with Crippen LogP contribution in [0.3, 0.4) is 0 Å². The molecule has 0 radical (unpaired) electrons. The Labute approximate surface area is 153 Å². The fraction of sp³-hybridized carbons (Fsp3) is 0.300. The summed E-state index contributed by atoms with van der Waals surface area (Å²) in [5, 5.41) is 13.7. The summed E-state index contributed by atoms with van der Waals surface area (Å²) in [7, 11) is 1.46. The van der Waals surface area contributed by atoms with Crippen molar-refractivity contribution < 1.29 is 19.4 Å². The van der Waals surface area contributed by atoms with Gasteiger partial charge in [-0.1, -0.05) is 39.0 Å². The van der Waals surface area contributed by atoms with Crippen LogP contribution in [0.2, 0.25) is 0 Å². The molecule has 6 heteroatoms. The molecule has 0 aromatic heterocycles. The monoisotopic (exact) mass is 356 g/mol. The number of hydrogen-bond donors (Lipinski definition) is 2. The number of carbonyl (C=O) groups is 1. The zero-order chi connectivity index (χ0) is 19.2. The summed E-state index contributed by atoms with van der Waals surface area (Å²) in [6.45, 7) is 6.24. The lowest BCUT2D eigenvalue weighted by Crippen LogP contribution is -2.24. The molecule has 2 N–H and O–H groups in total. The number of aromatic hydroxyl groups is 1. The van der Waals surface area contributed by atoms with Gasteiger partial charge in [-0.15, -0.1) is 0 Å². The summed E-state index contributed by atoms with van der Waals surface area (Å²) in [4.78, 5) is 11.8. The molecule has 6 nitrogen and oxygen atoms in total. The van der Waals surface area contributed by atoms with E-state index in [0.717, 1.165) is 0 Å². The van der Waals surface area contributed by atoms with Gasteiger partial charge in [-0.05, 0) is 35.2 Å². The van der Waals surface area contributed by atoms with Gasteiger partial charge in [0.05, 0.1) is 13.3 Å². The van der Waals surface area contributed by atoms with E-state index in [4.69, 9.17) is 9.47 Å². The van der Waals surface area contributed by atoms with Crippen LogP contribution in [-0.4, -0.2) is 30.9 Å². The molecule has 2 aromatic rings. The summed E-state index contributed by atoms with van der Waals surface area (Å²) in [6, 6.07) is 12.6. The van der Waals surface area contributed by atoms with Crippen molar-refractivity contribution in [1.82, 2.24) is 5.43 Å². The van der Waals surface area contributed by atoms with Crippen LogP contribution < -0.4 is 14.9 Å². The highest BCUT2D eigenvalue weighted by atomic mass is 16.5. The molecule has 0 aliphatic heterocycles. The zero-order valence-corrected chi connectivity index (χ0v) is 15.4. The van der Waals surface area contributed by atoms with E-state index in [2.05, 4.69) is 31.3 Å². The van der Waals surface area contributed by atoms with Crippen molar-refractivity contribution in [3.8, 4) is 17.2 Å². The molecule has 0 atom stereocenters. The second-order valence-electron chi connectivity index (χ2n) is 6.75. The number of phenolic OH excluding ortho intramolecular Hbond substituents is 1. The third-order valence-electron chi connectivity index (χ3n) is 3.73. The molecule has 0 aliphatic rings. The number of hydrogen-bond acceptors (Lipinski definition) is 5. The summed E-state index contributed by atoms with van der Waals surface area (Å²) >= 11 is 0. The van der Waals surface area contributed by atoms with Crippen LogP contribution in [-0.2, 0) is 10.2 Å². The number of amides is 1. The Kier molecular flexibility index (Phi) is 6.22. The van der Waals surface area contributed by atoms with E-state index in [1.165, 1.54) is 18.9 Å². The van der Waals surface area contributed by atoms with E-state index in [1.54, 1.807) is 18.2 Å². The second-order valence-corrected chi connectivity index (χ2v) is 6.75. The van der Waals surface area contributed by atoms with Gasteiger partial charge in [0.15, 0.2) is 18.1 Å². The fourth-order valence-corrected chi connectivity index (χ4v) is 2.21. The van der Waals surface area contributed by atoms with Crippen molar-refractivity contribution in [3.63, 3.8) is 0 Å². The molecule has 1 amide bonds. The molecule has 0 unspecified atom stereocenters. The summed E-state index contributed by atoms with van der Waals surface area (Å²) in [5.41, 5.74) is 4.05. The SMILES string of the molecule is COc1cccc(/C=N/NC(=O)COc2ccc(C(C)(C)C)cc2)c1O. The van der Waals surface area contributed by atoms with Gasteiger partial charge in [-0.3, -0.25) is 4.79 Å². The maximum Gasteiger partial charge on any atom is 0.277 e. The third kappa shape index (κ3) is 5.24. The molecular weight excluding hydrogens is 332 g/mol. The van der Waals surface area contributed by atoms with Crippen LogP contribution in [0.1, 0.15) is 31.9 Å². The largest absolute Gasteiger partial charge is 0.504 e. The second kappa shape index (κ2) is 8.38. The highest BCUT2D eigenvalue weighted by molar-refractivity contribution is 5.86. The molecular formula is C20H24N2O4. The van der Waals surface area contributed by atoms with Crippen molar-refractivity contribution >= 4 is 12.1 Å². The molecule has 0 fully saturated rings. The molecule has 2 rings (SSSR count). The minimum atomic E-state index is -0.400. The van der Waals surface area contributed by atoms with Crippen molar-refractivity contribution in [3.05, 3.63) is 53.6 Å². The first-order chi connectivity index (χ1) is 12.3. The zero-order valence-electron chi connectivity index (χ0n) is 15.4. The lowest BCUT2D eigenvalue weighted by Gasteiger charge is -2.19. The van der Waals surface area contributed by atoms with E-state index in [1.807, 2.05) is 24.3 Å². The molecule has 26 heavy (non-hydrogen) atoms. The number of phenols is 1. The van der Waals surface area contributed by atoms with Crippen molar-refractivity contribution in [2.75, 3.05) is 13.7 Å². The van der Waals surface area contributed by atoms with Gasteiger partial charge < -0.3 is 14.6 Å². The Morgan fingerprint density at radius 2 is 1.88 bits per heavy atom.